The Bertz CT molecular complexity index is 1320. The van der Waals surface area contributed by atoms with Gasteiger partial charge in [-0.1, -0.05) is 12.1 Å². The van der Waals surface area contributed by atoms with Gasteiger partial charge in [0.05, 0.1) is 27.9 Å². The highest BCUT2D eigenvalue weighted by Gasteiger charge is 2.36. The van der Waals surface area contributed by atoms with Crippen molar-refractivity contribution >= 4 is 34.6 Å². The van der Waals surface area contributed by atoms with E-state index in [9.17, 15) is 14.4 Å². The smallest absolute Gasteiger partial charge is 0.261 e. The summed E-state index contributed by atoms with van der Waals surface area (Å²) < 4.78 is 5.02. The Hall–Kier alpha value is -3.85. The number of para-hydroxylation sites is 2. The third-order valence-corrected chi connectivity index (χ3v) is 6.53. The van der Waals surface area contributed by atoms with Gasteiger partial charge in [0.15, 0.2) is 5.82 Å². The third kappa shape index (κ3) is 4.23. The van der Waals surface area contributed by atoms with E-state index < -0.39 is 0 Å². The van der Waals surface area contributed by atoms with E-state index in [2.05, 4.69) is 9.88 Å². The number of aromatic nitrogens is 2. The Morgan fingerprint density at radius 2 is 1.63 bits per heavy atom. The first kappa shape index (κ1) is 22.9. The van der Waals surface area contributed by atoms with Crippen LogP contribution >= 0.6 is 0 Å². The molecule has 0 bridgehead atoms. The van der Waals surface area contributed by atoms with Crippen molar-refractivity contribution in [2.24, 2.45) is 0 Å². The fourth-order valence-corrected chi connectivity index (χ4v) is 4.68. The molecule has 0 spiro atoms. The van der Waals surface area contributed by atoms with Crippen molar-refractivity contribution in [1.82, 2.24) is 19.8 Å². The normalized spacial score (nSPS) is 15.8. The van der Waals surface area contributed by atoms with Crippen molar-refractivity contribution in [3.05, 3.63) is 64.8 Å². The van der Waals surface area contributed by atoms with Gasteiger partial charge in [0.2, 0.25) is 0 Å². The van der Waals surface area contributed by atoms with E-state index in [1.165, 1.54) is 4.90 Å². The molecule has 0 N–H and O–H groups in total. The number of hydrogen-bond acceptors (Lipinski definition) is 7. The van der Waals surface area contributed by atoms with Crippen LogP contribution in [0.2, 0.25) is 0 Å². The molecule has 0 atom stereocenters. The van der Waals surface area contributed by atoms with Gasteiger partial charge >= 0.3 is 0 Å². The summed E-state index contributed by atoms with van der Waals surface area (Å²) >= 11 is 0. The van der Waals surface area contributed by atoms with Gasteiger partial charge in [-0.3, -0.25) is 19.3 Å². The number of methoxy groups -OCH3 is 1. The van der Waals surface area contributed by atoms with Crippen LogP contribution < -0.4 is 4.90 Å². The lowest BCUT2D eigenvalue weighted by Gasteiger charge is -2.36. The van der Waals surface area contributed by atoms with Crippen LogP contribution in [-0.2, 0) is 4.74 Å². The van der Waals surface area contributed by atoms with E-state index in [1.807, 2.05) is 31.2 Å². The molecule has 1 saturated heterocycles. The molecule has 3 heterocycles. The van der Waals surface area contributed by atoms with Crippen LogP contribution in [0.5, 0.6) is 0 Å². The summed E-state index contributed by atoms with van der Waals surface area (Å²) in [6.07, 6.45) is 0.569. The topological polar surface area (TPSA) is 95.9 Å². The Balaban J connectivity index is 1.27. The van der Waals surface area contributed by atoms with Crippen LogP contribution in [0.1, 0.15) is 43.2 Å². The van der Waals surface area contributed by atoms with Crippen LogP contribution in [0.3, 0.4) is 0 Å². The van der Waals surface area contributed by atoms with Crippen LogP contribution in [0.4, 0.5) is 5.82 Å². The SMILES string of the molecule is COCCCN1C(=O)c2ccc(C(=O)N3CCN(c4nc5ccccc5nc4C)CC3)cc2C1=O. The average molecular weight is 474 g/mol. The molecule has 35 heavy (non-hydrogen) atoms. The molecule has 0 unspecified atom stereocenters. The second kappa shape index (κ2) is 9.42. The molecule has 2 aliphatic heterocycles. The van der Waals surface area contributed by atoms with Gasteiger partial charge in [-0.25, -0.2) is 9.97 Å². The first-order chi connectivity index (χ1) is 17.0. The molecule has 9 nitrogen and oxygen atoms in total. The zero-order valence-electron chi connectivity index (χ0n) is 19.9. The molecule has 1 fully saturated rings. The Kier molecular flexibility index (Phi) is 6.17. The number of carbonyl (C=O) groups is 3. The van der Waals surface area contributed by atoms with Crippen LogP contribution in [-0.4, -0.2) is 83.9 Å². The molecular weight excluding hydrogens is 446 g/mol. The highest BCUT2D eigenvalue weighted by atomic mass is 16.5. The maximum atomic E-state index is 13.2. The van der Waals surface area contributed by atoms with E-state index in [1.54, 1.807) is 30.2 Å². The van der Waals surface area contributed by atoms with E-state index in [4.69, 9.17) is 9.72 Å². The summed E-state index contributed by atoms with van der Waals surface area (Å²) in [6, 6.07) is 12.6. The lowest BCUT2D eigenvalue weighted by atomic mass is 10.0. The van der Waals surface area contributed by atoms with Gasteiger partial charge < -0.3 is 14.5 Å². The lowest BCUT2D eigenvalue weighted by Crippen LogP contribution is -2.49. The fraction of sp³-hybridized carbons (Fsp3) is 0.346. The highest BCUT2D eigenvalue weighted by Crippen LogP contribution is 2.26. The minimum absolute atomic E-state index is 0.146. The standard InChI is InChI=1S/C26H27N5O4/c1-17-23(28-22-7-4-3-6-21(22)27-17)29-11-13-30(14-12-29)24(32)18-8-9-19-20(16-18)26(34)31(25(19)33)10-5-15-35-2/h3-4,6-9,16H,5,10-15H2,1-2H3. The Labute approximate surface area is 203 Å². The second-order valence-electron chi connectivity index (χ2n) is 8.77. The second-order valence-corrected chi connectivity index (χ2v) is 8.77. The number of piperazine rings is 1. The van der Waals surface area contributed by atoms with Gasteiger partial charge in [0, 0.05) is 52.0 Å². The maximum Gasteiger partial charge on any atom is 0.261 e. The number of hydrogen-bond donors (Lipinski definition) is 0. The van der Waals surface area contributed by atoms with Gasteiger partial charge in [-0.15, -0.1) is 0 Å². The number of rotatable bonds is 6. The summed E-state index contributed by atoms with van der Waals surface area (Å²) in [6.45, 7) is 5.04. The van der Waals surface area contributed by atoms with Gasteiger partial charge in [0.25, 0.3) is 17.7 Å². The van der Waals surface area contributed by atoms with Crippen LogP contribution in [0, 0.1) is 6.92 Å². The number of ether oxygens (including phenoxy) is 1. The number of benzene rings is 2. The van der Waals surface area contributed by atoms with Gasteiger partial charge in [-0.05, 0) is 43.7 Å². The van der Waals surface area contributed by atoms with Crippen molar-refractivity contribution in [2.75, 3.05) is 51.3 Å². The number of amides is 3. The van der Waals surface area contributed by atoms with Crippen molar-refractivity contribution < 1.29 is 19.1 Å². The summed E-state index contributed by atoms with van der Waals surface area (Å²) in [7, 11) is 1.58. The number of fused-ring (bicyclic) bond motifs is 2. The van der Waals surface area contributed by atoms with Crippen molar-refractivity contribution in [3.63, 3.8) is 0 Å². The molecule has 3 amide bonds. The monoisotopic (exact) mass is 473 g/mol. The number of imide groups is 1. The molecule has 2 aliphatic rings. The van der Waals surface area contributed by atoms with Crippen LogP contribution in [0.15, 0.2) is 42.5 Å². The van der Waals surface area contributed by atoms with Crippen molar-refractivity contribution in [1.29, 1.82) is 0 Å². The minimum atomic E-state index is -0.356. The summed E-state index contributed by atoms with van der Waals surface area (Å²) in [5, 5.41) is 0. The number of anilines is 1. The molecule has 0 aliphatic carbocycles. The molecule has 3 aromatic rings. The first-order valence-electron chi connectivity index (χ1n) is 11.7. The van der Waals surface area contributed by atoms with E-state index in [0.29, 0.717) is 62.4 Å². The number of aryl methyl sites for hydroxylation is 1. The Morgan fingerprint density at radius 1 is 0.943 bits per heavy atom. The van der Waals surface area contributed by atoms with Gasteiger partial charge in [0.1, 0.15) is 0 Å². The summed E-state index contributed by atoms with van der Waals surface area (Å²) in [5.41, 5.74) is 3.63. The highest BCUT2D eigenvalue weighted by molar-refractivity contribution is 6.22. The molecule has 0 radical (unpaired) electrons. The first-order valence-corrected chi connectivity index (χ1v) is 11.7. The van der Waals surface area contributed by atoms with E-state index >= 15 is 0 Å². The zero-order chi connectivity index (χ0) is 24.5. The van der Waals surface area contributed by atoms with Crippen molar-refractivity contribution in [3.8, 4) is 0 Å². The summed E-state index contributed by atoms with van der Waals surface area (Å²) in [4.78, 5) is 53.3. The average Bonchev–Trinajstić information content (AvgIpc) is 3.12. The van der Waals surface area contributed by atoms with E-state index in [-0.39, 0.29) is 17.7 Å². The maximum absolute atomic E-state index is 13.2. The Morgan fingerprint density at radius 3 is 2.34 bits per heavy atom. The lowest BCUT2D eigenvalue weighted by molar-refractivity contribution is 0.0638. The van der Waals surface area contributed by atoms with Crippen LogP contribution in [0.25, 0.3) is 11.0 Å². The predicted octanol–water partition coefficient (Wildman–Crippen LogP) is 2.53. The molecule has 5 rings (SSSR count). The zero-order valence-corrected chi connectivity index (χ0v) is 19.9. The summed E-state index contributed by atoms with van der Waals surface area (Å²) in [5.74, 6) is 0.0179. The quantitative estimate of drug-likeness (QED) is 0.401. The molecule has 9 heteroatoms. The fourth-order valence-electron chi connectivity index (χ4n) is 4.68. The van der Waals surface area contributed by atoms with Gasteiger partial charge in [-0.2, -0.15) is 0 Å². The van der Waals surface area contributed by atoms with E-state index in [0.717, 1.165) is 22.5 Å². The minimum Gasteiger partial charge on any atom is -0.385 e. The third-order valence-electron chi connectivity index (χ3n) is 6.53. The predicted molar refractivity (Wildman–Crippen MR) is 131 cm³/mol. The molecule has 2 aromatic carbocycles. The number of carbonyl (C=O) groups excluding carboxylic acids is 3. The molecule has 180 valence electrons. The molecule has 1 aromatic heterocycles. The number of nitrogens with zero attached hydrogens (tertiary/aromatic N) is 5. The van der Waals surface area contributed by atoms with Crippen molar-refractivity contribution in [2.45, 2.75) is 13.3 Å². The molecule has 0 saturated carbocycles. The largest absolute Gasteiger partial charge is 0.385 e. The molecular formula is C26H27N5O4.